The summed E-state index contributed by atoms with van der Waals surface area (Å²) in [5.74, 6) is 0.742. The van der Waals surface area contributed by atoms with Gasteiger partial charge >= 0.3 is 11.0 Å². The van der Waals surface area contributed by atoms with E-state index in [0.717, 1.165) is 11.3 Å². The number of para-hydroxylation sites is 2. The van der Waals surface area contributed by atoms with E-state index in [0.29, 0.717) is 11.5 Å². The predicted octanol–water partition coefficient (Wildman–Crippen LogP) is 2.80. The molecule has 1 unspecified atom stereocenters. The number of benzene rings is 1. The molecule has 1 aliphatic rings. The number of rotatable bonds is 4. The number of nitrogens with one attached hydrogen (secondary N) is 1. The van der Waals surface area contributed by atoms with Gasteiger partial charge in [-0.2, -0.15) is 0 Å². The monoisotopic (exact) mass is 374 g/mol. The van der Waals surface area contributed by atoms with Crippen LogP contribution < -0.4 is 14.8 Å². The molecule has 0 aliphatic carbocycles. The van der Waals surface area contributed by atoms with Crippen LogP contribution in [0.2, 0.25) is 0 Å². The van der Waals surface area contributed by atoms with Crippen molar-refractivity contribution >= 4 is 28.3 Å². The second-order valence-corrected chi connectivity index (χ2v) is 6.22. The van der Waals surface area contributed by atoms with Crippen LogP contribution in [0.15, 0.2) is 40.8 Å². The number of nitrogens with zero attached hydrogens (tertiary/aromatic N) is 3. The molecule has 11 heteroatoms. The Morgan fingerprint density at radius 3 is 2.81 bits per heavy atom. The fourth-order valence-corrected chi connectivity index (χ4v) is 2.98. The maximum Gasteiger partial charge on any atom is 0.324 e. The first-order chi connectivity index (χ1) is 12.6. The molecule has 0 saturated carbocycles. The zero-order valence-electron chi connectivity index (χ0n) is 12.9. The molecule has 0 spiro atoms. The normalized spacial score (nSPS) is 15.5. The van der Waals surface area contributed by atoms with Crippen molar-refractivity contribution in [1.29, 1.82) is 0 Å². The zero-order chi connectivity index (χ0) is 18.1. The van der Waals surface area contributed by atoms with Crippen molar-refractivity contribution in [3.05, 3.63) is 57.3 Å². The van der Waals surface area contributed by atoms with Crippen molar-refractivity contribution in [3.8, 4) is 11.5 Å². The van der Waals surface area contributed by atoms with Crippen molar-refractivity contribution in [2.45, 2.75) is 6.10 Å². The molecule has 1 N–H and O–H groups in total. The highest BCUT2D eigenvalue weighted by Crippen LogP contribution is 2.35. The minimum Gasteiger partial charge on any atom is -0.485 e. The SMILES string of the molecule is O=C(Nc1nnc(C2COc3ccccc3O2)o1)c1ccc([N+](=O)[O-])s1. The molecular formula is C15H10N4O6S. The lowest BCUT2D eigenvalue weighted by Gasteiger charge is -2.23. The van der Waals surface area contributed by atoms with Crippen LogP contribution in [0.3, 0.4) is 0 Å². The molecule has 2 aromatic heterocycles. The molecule has 3 heterocycles. The Hall–Kier alpha value is -3.47. The average Bonchev–Trinajstić information content (AvgIpc) is 3.31. The highest BCUT2D eigenvalue weighted by molar-refractivity contribution is 7.17. The summed E-state index contributed by atoms with van der Waals surface area (Å²) in [5.41, 5.74) is 0. The van der Waals surface area contributed by atoms with Crippen LogP contribution in [0.25, 0.3) is 0 Å². The zero-order valence-corrected chi connectivity index (χ0v) is 13.8. The number of thiophene rings is 1. The molecule has 1 aromatic carbocycles. The van der Waals surface area contributed by atoms with Crippen LogP contribution in [-0.4, -0.2) is 27.6 Å². The molecule has 4 rings (SSSR count). The Morgan fingerprint density at radius 2 is 2.04 bits per heavy atom. The number of fused-ring (bicyclic) bond motifs is 1. The van der Waals surface area contributed by atoms with Crippen molar-refractivity contribution in [2.24, 2.45) is 0 Å². The molecule has 1 aliphatic heterocycles. The summed E-state index contributed by atoms with van der Waals surface area (Å²) in [7, 11) is 0. The number of anilines is 1. The number of ether oxygens (including phenoxy) is 2. The average molecular weight is 374 g/mol. The third kappa shape index (κ3) is 3.07. The lowest BCUT2D eigenvalue weighted by molar-refractivity contribution is -0.380. The molecule has 1 atom stereocenters. The highest BCUT2D eigenvalue weighted by Gasteiger charge is 2.27. The summed E-state index contributed by atoms with van der Waals surface area (Å²) in [5, 5.41) is 20.5. The quantitative estimate of drug-likeness (QED) is 0.545. The van der Waals surface area contributed by atoms with Crippen molar-refractivity contribution in [2.75, 3.05) is 11.9 Å². The van der Waals surface area contributed by atoms with Crippen molar-refractivity contribution in [3.63, 3.8) is 0 Å². The summed E-state index contributed by atoms with van der Waals surface area (Å²) >= 11 is 0.750. The fraction of sp³-hybridized carbons (Fsp3) is 0.133. The van der Waals surface area contributed by atoms with Crippen molar-refractivity contribution < 1.29 is 23.6 Å². The van der Waals surface area contributed by atoms with Gasteiger partial charge in [0.2, 0.25) is 6.10 Å². The standard InChI is InChI=1S/C15H10N4O6S/c20-13(11-5-6-12(26-11)19(21)22)16-15-18-17-14(25-15)10-7-23-8-3-1-2-4-9(8)24-10/h1-6,10H,7H2,(H,16,18,20). The van der Waals surface area contributed by atoms with E-state index < -0.39 is 16.9 Å². The van der Waals surface area contributed by atoms with E-state index in [1.165, 1.54) is 12.1 Å². The highest BCUT2D eigenvalue weighted by atomic mass is 32.1. The Morgan fingerprint density at radius 1 is 1.23 bits per heavy atom. The first kappa shape index (κ1) is 16.0. The van der Waals surface area contributed by atoms with Gasteiger partial charge in [0.25, 0.3) is 11.8 Å². The fourth-order valence-electron chi connectivity index (χ4n) is 2.26. The molecule has 132 valence electrons. The third-order valence-corrected chi connectivity index (χ3v) is 4.48. The second kappa shape index (κ2) is 6.44. The lowest BCUT2D eigenvalue weighted by atomic mass is 10.2. The first-order valence-corrected chi connectivity index (χ1v) is 8.19. The van der Waals surface area contributed by atoms with Crippen LogP contribution in [0, 0.1) is 10.1 Å². The molecule has 0 saturated heterocycles. The largest absolute Gasteiger partial charge is 0.485 e. The molecular weight excluding hydrogens is 364 g/mol. The van der Waals surface area contributed by atoms with Gasteiger partial charge in [-0.1, -0.05) is 28.6 Å². The van der Waals surface area contributed by atoms with E-state index in [1.54, 1.807) is 12.1 Å². The van der Waals surface area contributed by atoms with E-state index in [9.17, 15) is 14.9 Å². The number of carbonyl (C=O) groups is 1. The van der Waals surface area contributed by atoms with Crippen LogP contribution >= 0.6 is 11.3 Å². The number of amides is 1. The van der Waals surface area contributed by atoms with E-state index >= 15 is 0 Å². The van der Waals surface area contributed by atoms with Gasteiger partial charge in [-0.05, 0) is 18.2 Å². The molecule has 1 amide bonds. The smallest absolute Gasteiger partial charge is 0.324 e. The van der Waals surface area contributed by atoms with E-state index in [4.69, 9.17) is 13.9 Å². The Labute approximate surface area is 149 Å². The summed E-state index contributed by atoms with van der Waals surface area (Å²) < 4.78 is 16.7. The molecule has 0 fully saturated rings. The van der Waals surface area contributed by atoms with E-state index in [2.05, 4.69) is 15.5 Å². The van der Waals surface area contributed by atoms with Crippen LogP contribution in [0.4, 0.5) is 11.0 Å². The molecule has 26 heavy (non-hydrogen) atoms. The third-order valence-electron chi connectivity index (χ3n) is 3.44. The van der Waals surface area contributed by atoms with E-state index in [1.807, 2.05) is 12.1 Å². The summed E-state index contributed by atoms with van der Waals surface area (Å²) in [6, 6.07) is 9.65. The number of nitro groups is 1. The topological polar surface area (TPSA) is 130 Å². The van der Waals surface area contributed by atoms with Gasteiger partial charge in [0.1, 0.15) is 6.61 Å². The Balaban J connectivity index is 1.45. The molecule has 10 nitrogen and oxygen atoms in total. The van der Waals surface area contributed by atoms with Gasteiger partial charge in [-0.15, -0.1) is 5.10 Å². The van der Waals surface area contributed by atoms with Gasteiger partial charge in [0.15, 0.2) is 11.5 Å². The molecule has 3 aromatic rings. The van der Waals surface area contributed by atoms with Gasteiger partial charge in [-0.25, -0.2) is 0 Å². The lowest BCUT2D eigenvalue weighted by Crippen LogP contribution is -2.21. The first-order valence-electron chi connectivity index (χ1n) is 7.37. The number of hydrogen-bond donors (Lipinski definition) is 1. The van der Waals surface area contributed by atoms with Crippen LogP contribution in [0.1, 0.15) is 21.7 Å². The second-order valence-electron chi connectivity index (χ2n) is 5.16. The maximum absolute atomic E-state index is 12.1. The minimum absolute atomic E-state index is 0.132. The Kier molecular flexibility index (Phi) is 3.97. The van der Waals surface area contributed by atoms with Crippen LogP contribution in [0.5, 0.6) is 11.5 Å². The van der Waals surface area contributed by atoms with Gasteiger partial charge in [0, 0.05) is 6.07 Å². The Bertz CT molecular complexity index is 984. The number of aromatic nitrogens is 2. The minimum atomic E-state index is -0.606. The van der Waals surface area contributed by atoms with E-state index in [-0.39, 0.29) is 28.4 Å². The van der Waals surface area contributed by atoms with Crippen LogP contribution in [-0.2, 0) is 0 Å². The maximum atomic E-state index is 12.1. The molecule has 0 radical (unpaired) electrons. The summed E-state index contributed by atoms with van der Waals surface area (Å²) in [6.45, 7) is 0.184. The van der Waals surface area contributed by atoms with Gasteiger partial charge < -0.3 is 13.9 Å². The number of carbonyl (C=O) groups excluding carboxylic acids is 1. The van der Waals surface area contributed by atoms with Gasteiger partial charge in [0.05, 0.1) is 9.80 Å². The number of hydrogen-bond acceptors (Lipinski definition) is 9. The molecule has 0 bridgehead atoms. The summed E-state index contributed by atoms with van der Waals surface area (Å²) in [6.07, 6.45) is -0.606. The predicted molar refractivity (Wildman–Crippen MR) is 88.5 cm³/mol. The van der Waals surface area contributed by atoms with Crippen molar-refractivity contribution in [1.82, 2.24) is 10.2 Å². The van der Waals surface area contributed by atoms with Gasteiger partial charge in [-0.3, -0.25) is 20.2 Å². The summed E-state index contributed by atoms with van der Waals surface area (Å²) in [4.78, 5) is 22.4.